The van der Waals surface area contributed by atoms with Gasteiger partial charge in [0.15, 0.2) is 6.10 Å². The van der Waals surface area contributed by atoms with Crippen molar-refractivity contribution in [3.8, 4) is 0 Å². The second-order valence-corrected chi connectivity index (χ2v) is 15.0. The van der Waals surface area contributed by atoms with Crippen molar-refractivity contribution in [2.45, 2.75) is 218 Å². The van der Waals surface area contributed by atoms with Crippen molar-refractivity contribution in [2.24, 2.45) is 11.8 Å². The van der Waals surface area contributed by atoms with Crippen LogP contribution >= 0.6 is 0 Å². The quantitative estimate of drug-likeness (QED) is 0.0507. The topological polar surface area (TPSA) is 105 Å². The summed E-state index contributed by atoms with van der Waals surface area (Å²) in [4.78, 5) is 37.7. The van der Waals surface area contributed by atoms with Gasteiger partial charge in [-0.1, -0.05) is 155 Å². The number of carbonyl (C=O) groups excluding carboxylic acids is 3. The van der Waals surface area contributed by atoms with Crippen LogP contribution in [0.3, 0.4) is 0 Å². The van der Waals surface area contributed by atoms with Crippen LogP contribution < -0.4 is 10.6 Å². The number of carbonyl (C=O) groups is 3. The van der Waals surface area contributed by atoms with Gasteiger partial charge in [0.1, 0.15) is 12.1 Å². The molecule has 2 fully saturated rings. The van der Waals surface area contributed by atoms with Gasteiger partial charge < -0.3 is 20.5 Å². The number of aliphatic hydroxyl groups is 1. The first kappa shape index (κ1) is 41.5. The zero-order valence-corrected chi connectivity index (χ0v) is 30.7. The molecule has 274 valence electrons. The Balaban J connectivity index is 1.60. The van der Waals surface area contributed by atoms with Crippen molar-refractivity contribution in [3.05, 3.63) is 0 Å². The SMILES string of the molecule is CCCCCCCCCCCCCC(CC(=O)NC1CCCNC1=O)OC(=O)C(O)CCCCCCCCC1CC1CCCCCC. The number of hydrogen-bond acceptors (Lipinski definition) is 5. The molecule has 1 aliphatic heterocycles. The maximum Gasteiger partial charge on any atom is 0.335 e. The van der Waals surface area contributed by atoms with Crippen molar-refractivity contribution < 1.29 is 24.2 Å². The molecule has 7 heteroatoms. The number of ether oxygens (including phenoxy) is 1. The van der Waals surface area contributed by atoms with E-state index >= 15 is 0 Å². The molecule has 0 bridgehead atoms. The van der Waals surface area contributed by atoms with E-state index in [1.165, 1.54) is 116 Å². The lowest BCUT2D eigenvalue weighted by Crippen LogP contribution is -2.50. The molecular formula is C40H74N2O5. The van der Waals surface area contributed by atoms with Crippen LogP contribution in [0.25, 0.3) is 0 Å². The van der Waals surface area contributed by atoms with Crippen LogP contribution in [0.5, 0.6) is 0 Å². The maximum atomic E-state index is 12.8. The number of aliphatic hydroxyl groups excluding tert-OH is 1. The Bertz CT molecular complexity index is 820. The zero-order valence-electron chi connectivity index (χ0n) is 30.7. The number of hydrogen-bond donors (Lipinski definition) is 3. The molecule has 7 nitrogen and oxygen atoms in total. The summed E-state index contributed by atoms with van der Waals surface area (Å²) in [5.74, 6) is 0.972. The molecule has 1 saturated heterocycles. The second-order valence-electron chi connectivity index (χ2n) is 15.0. The highest BCUT2D eigenvalue weighted by Gasteiger charge is 2.35. The van der Waals surface area contributed by atoms with Gasteiger partial charge >= 0.3 is 5.97 Å². The van der Waals surface area contributed by atoms with Gasteiger partial charge in [-0.15, -0.1) is 0 Å². The monoisotopic (exact) mass is 663 g/mol. The van der Waals surface area contributed by atoms with E-state index < -0.39 is 24.2 Å². The van der Waals surface area contributed by atoms with Crippen LogP contribution in [0, 0.1) is 11.8 Å². The van der Waals surface area contributed by atoms with Crippen LogP contribution in [0.4, 0.5) is 0 Å². The summed E-state index contributed by atoms with van der Waals surface area (Å²) < 4.78 is 5.72. The molecule has 47 heavy (non-hydrogen) atoms. The molecule has 5 atom stereocenters. The summed E-state index contributed by atoms with van der Waals surface area (Å²) in [5, 5.41) is 16.2. The van der Waals surface area contributed by atoms with Crippen molar-refractivity contribution in [1.29, 1.82) is 0 Å². The lowest BCUT2D eigenvalue weighted by molar-refractivity contribution is -0.161. The van der Waals surface area contributed by atoms with Crippen LogP contribution in [-0.4, -0.2) is 47.7 Å². The van der Waals surface area contributed by atoms with Gasteiger partial charge in [-0.25, -0.2) is 4.79 Å². The van der Waals surface area contributed by atoms with Crippen molar-refractivity contribution in [1.82, 2.24) is 10.6 Å². The normalized spacial score (nSPS) is 20.4. The fourth-order valence-electron chi connectivity index (χ4n) is 7.27. The predicted octanol–water partition coefficient (Wildman–Crippen LogP) is 9.47. The Morgan fingerprint density at radius 1 is 0.745 bits per heavy atom. The summed E-state index contributed by atoms with van der Waals surface area (Å²) >= 11 is 0. The highest BCUT2D eigenvalue weighted by atomic mass is 16.6. The fraction of sp³-hybridized carbons (Fsp3) is 0.925. The van der Waals surface area contributed by atoms with Gasteiger partial charge in [0.25, 0.3) is 0 Å². The molecule has 2 aliphatic rings. The van der Waals surface area contributed by atoms with E-state index in [4.69, 9.17) is 4.74 Å². The smallest absolute Gasteiger partial charge is 0.335 e. The first-order valence-electron chi connectivity index (χ1n) is 20.4. The lowest BCUT2D eigenvalue weighted by atomic mass is 10.0. The highest BCUT2D eigenvalue weighted by Crippen LogP contribution is 2.45. The first-order chi connectivity index (χ1) is 22.9. The molecule has 1 heterocycles. The summed E-state index contributed by atoms with van der Waals surface area (Å²) in [5.41, 5.74) is 0. The van der Waals surface area contributed by atoms with E-state index in [1.54, 1.807) is 0 Å². The van der Waals surface area contributed by atoms with E-state index in [0.29, 0.717) is 25.8 Å². The Morgan fingerprint density at radius 2 is 1.23 bits per heavy atom. The summed E-state index contributed by atoms with van der Waals surface area (Å²) in [6.07, 6.45) is 30.9. The number of rotatable bonds is 31. The van der Waals surface area contributed by atoms with Gasteiger partial charge in [0.2, 0.25) is 11.8 Å². The van der Waals surface area contributed by atoms with Crippen molar-refractivity contribution in [3.63, 3.8) is 0 Å². The minimum Gasteiger partial charge on any atom is -0.460 e. The molecule has 0 aromatic carbocycles. The highest BCUT2D eigenvalue weighted by molar-refractivity contribution is 5.88. The zero-order chi connectivity index (χ0) is 34.0. The molecule has 1 saturated carbocycles. The third-order valence-corrected chi connectivity index (χ3v) is 10.5. The Morgan fingerprint density at radius 3 is 1.79 bits per heavy atom. The molecule has 2 rings (SSSR count). The van der Waals surface area contributed by atoms with Crippen LogP contribution in [0.15, 0.2) is 0 Å². The van der Waals surface area contributed by atoms with Crippen LogP contribution in [0.1, 0.15) is 200 Å². The van der Waals surface area contributed by atoms with E-state index in [1.807, 2.05) is 0 Å². The van der Waals surface area contributed by atoms with E-state index in [-0.39, 0.29) is 18.2 Å². The van der Waals surface area contributed by atoms with Gasteiger partial charge in [0, 0.05) is 6.54 Å². The van der Waals surface area contributed by atoms with Crippen LogP contribution in [-0.2, 0) is 19.1 Å². The van der Waals surface area contributed by atoms with E-state index in [2.05, 4.69) is 24.5 Å². The van der Waals surface area contributed by atoms with Gasteiger partial charge in [-0.2, -0.15) is 0 Å². The molecule has 5 unspecified atom stereocenters. The van der Waals surface area contributed by atoms with Gasteiger partial charge in [-0.3, -0.25) is 9.59 Å². The molecule has 0 aromatic heterocycles. The lowest BCUT2D eigenvalue weighted by Gasteiger charge is -2.24. The van der Waals surface area contributed by atoms with Crippen LogP contribution in [0.2, 0.25) is 0 Å². The molecule has 1 aliphatic carbocycles. The maximum absolute atomic E-state index is 12.8. The van der Waals surface area contributed by atoms with Gasteiger partial charge in [-0.05, 0) is 50.4 Å². The predicted molar refractivity (Wildman–Crippen MR) is 193 cm³/mol. The average Bonchev–Trinajstić information content (AvgIpc) is 3.81. The standard InChI is InChI=1S/C40H74N2O5/c1-3-5-7-9-10-11-12-13-14-18-22-27-35(32-38(44)42-36-28-24-30-41-39(36)45)47-40(46)37(43)29-23-19-16-15-17-21-26-34-31-33(34)25-20-8-6-4-2/h33-37,43H,3-32H2,1-2H3,(H,41,45)(H,42,44). The fourth-order valence-corrected chi connectivity index (χ4v) is 7.27. The number of amides is 2. The largest absolute Gasteiger partial charge is 0.460 e. The molecule has 0 spiro atoms. The number of esters is 1. The van der Waals surface area contributed by atoms with E-state index in [9.17, 15) is 19.5 Å². The Kier molecular flexibility index (Phi) is 24.1. The average molecular weight is 663 g/mol. The van der Waals surface area contributed by atoms with E-state index in [0.717, 1.165) is 56.8 Å². The molecular weight excluding hydrogens is 588 g/mol. The van der Waals surface area contributed by atoms with Crippen molar-refractivity contribution in [2.75, 3.05) is 6.54 Å². The molecule has 2 amide bonds. The minimum absolute atomic E-state index is 0.0282. The first-order valence-corrected chi connectivity index (χ1v) is 20.4. The number of piperidine rings is 1. The summed E-state index contributed by atoms with van der Waals surface area (Å²) in [6, 6.07) is -0.522. The summed E-state index contributed by atoms with van der Waals surface area (Å²) in [7, 11) is 0. The second kappa shape index (κ2) is 27.2. The summed E-state index contributed by atoms with van der Waals surface area (Å²) in [6.45, 7) is 5.17. The third kappa shape index (κ3) is 21.1. The minimum atomic E-state index is -1.15. The molecule has 3 N–H and O–H groups in total. The van der Waals surface area contributed by atoms with Crippen molar-refractivity contribution >= 4 is 17.8 Å². The molecule has 0 aromatic rings. The third-order valence-electron chi connectivity index (χ3n) is 10.5. The molecule has 0 radical (unpaired) electrons. The van der Waals surface area contributed by atoms with Gasteiger partial charge in [0.05, 0.1) is 6.42 Å². The number of unbranched alkanes of at least 4 members (excludes halogenated alkanes) is 18. The number of nitrogens with one attached hydrogen (secondary N) is 2. The Labute approximate surface area is 288 Å². The Hall–Kier alpha value is -1.63.